The van der Waals surface area contributed by atoms with Gasteiger partial charge in [0.2, 0.25) is 5.95 Å². The molecule has 0 bridgehead atoms. The van der Waals surface area contributed by atoms with Crippen LogP contribution in [-0.4, -0.2) is 22.4 Å². The molecule has 0 unspecified atom stereocenters. The van der Waals surface area contributed by atoms with Gasteiger partial charge in [-0.1, -0.05) is 44.2 Å². The second-order valence-corrected chi connectivity index (χ2v) is 7.81. The largest absolute Gasteiger partial charge is 0.321 e. The standard InChI is InChI=1S/C24H26N4O/c1-16(2)18-10-12-20(13-11-18)26-23(29)21-15-17(3)25-24(27-21)28-14-6-8-19-7-4-5-9-22(19)28/h4-5,7,9-13,15-16H,6,8,14H2,1-3H3,(H,26,29). The highest BCUT2D eigenvalue weighted by molar-refractivity contribution is 6.03. The zero-order valence-electron chi connectivity index (χ0n) is 17.1. The van der Waals surface area contributed by atoms with Crippen LogP contribution >= 0.6 is 0 Å². The molecule has 0 saturated heterocycles. The Morgan fingerprint density at radius 1 is 1.07 bits per heavy atom. The summed E-state index contributed by atoms with van der Waals surface area (Å²) in [7, 11) is 0. The zero-order chi connectivity index (χ0) is 20.4. The van der Waals surface area contributed by atoms with Crippen molar-refractivity contribution in [3.05, 3.63) is 77.1 Å². The molecule has 1 aromatic heterocycles. The Morgan fingerprint density at radius 2 is 1.83 bits per heavy atom. The molecule has 1 aliphatic heterocycles. The van der Waals surface area contributed by atoms with Crippen molar-refractivity contribution >= 4 is 23.2 Å². The fourth-order valence-electron chi connectivity index (χ4n) is 3.68. The number of rotatable bonds is 4. The maximum absolute atomic E-state index is 12.8. The first kappa shape index (κ1) is 19.1. The third kappa shape index (κ3) is 4.14. The van der Waals surface area contributed by atoms with Gasteiger partial charge >= 0.3 is 0 Å². The Bertz CT molecular complexity index is 1030. The van der Waals surface area contributed by atoms with Crippen molar-refractivity contribution in [2.45, 2.75) is 39.5 Å². The van der Waals surface area contributed by atoms with E-state index in [4.69, 9.17) is 0 Å². The number of anilines is 3. The molecule has 0 atom stereocenters. The molecule has 0 fully saturated rings. The predicted molar refractivity (Wildman–Crippen MR) is 117 cm³/mol. The highest BCUT2D eigenvalue weighted by Gasteiger charge is 2.21. The number of para-hydroxylation sites is 1. The number of hydrogen-bond donors (Lipinski definition) is 1. The summed E-state index contributed by atoms with van der Waals surface area (Å²) in [5.41, 5.74) is 5.58. The number of aryl methyl sites for hydroxylation is 2. The number of carbonyl (C=O) groups excluding carboxylic acids is 1. The van der Waals surface area contributed by atoms with Crippen LogP contribution in [0.3, 0.4) is 0 Å². The molecule has 5 heteroatoms. The average molecular weight is 386 g/mol. The first-order chi connectivity index (χ1) is 14.0. The molecule has 0 saturated carbocycles. The molecule has 0 spiro atoms. The predicted octanol–water partition coefficient (Wildman–Crippen LogP) is 5.25. The normalized spacial score (nSPS) is 13.3. The van der Waals surface area contributed by atoms with Crippen molar-refractivity contribution in [3.8, 4) is 0 Å². The molecular formula is C24H26N4O. The highest BCUT2D eigenvalue weighted by Crippen LogP contribution is 2.31. The second-order valence-electron chi connectivity index (χ2n) is 7.81. The van der Waals surface area contributed by atoms with Gasteiger partial charge in [0.15, 0.2) is 0 Å². The monoisotopic (exact) mass is 386 g/mol. The van der Waals surface area contributed by atoms with E-state index in [1.807, 2.05) is 37.3 Å². The Labute approximate surface area is 171 Å². The van der Waals surface area contributed by atoms with Crippen LogP contribution in [0.1, 0.15) is 53.5 Å². The number of hydrogen-bond acceptors (Lipinski definition) is 4. The van der Waals surface area contributed by atoms with Crippen LogP contribution in [0.15, 0.2) is 54.6 Å². The second kappa shape index (κ2) is 8.03. The van der Waals surface area contributed by atoms with Crippen molar-refractivity contribution in [1.29, 1.82) is 0 Å². The first-order valence-corrected chi connectivity index (χ1v) is 10.1. The van der Waals surface area contributed by atoms with Crippen LogP contribution < -0.4 is 10.2 Å². The van der Waals surface area contributed by atoms with E-state index < -0.39 is 0 Å². The van der Waals surface area contributed by atoms with Crippen LogP contribution in [0, 0.1) is 6.92 Å². The van der Waals surface area contributed by atoms with Gasteiger partial charge in [-0.3, -0.25) is 4.79 Å². The van der Waals surface area contributed by atoms with Gasteiger partial charge in [-0.05, 0) is 61.1 Å². The van der Waals surface area contributed by atoms with Crippen molar-refractivity contribution < 1.29 is 4.79 Å². The van der Waals surface area contributed by atoms with Crippen molar-refractivity contribution in [2.24, 2.45) is 0 Å². The topological polar surface area (TPSA) is 58.1 Å². The molecule has 1 aliphatic rings. The summed E-state index contributed by atoms with van der Waals surface area (Å²) in [6.45, 7) is 7.04. The van der Waals surface area contributed by atoms with E-state index in [0.29, 0.717) is 17.6 Å². The third-order valence-electron chi connectivity index (χ3n) is 5.26. The summed E-state index contributed by atoms with van der Waals surface area (Å²) in [4.78, 5) is 24.2. The van der Waals surface area contributed by atoms with Crippen LogP contribution in [0.2, 0.25) is 0 Å². The Hall–Kier alpha value is -3.21. The lowest BCUT2D eigenvalue weighted by atomic mass is 10.0. The van der Waals surface area contributed by atoms with E-state index in [0.717, 1.165) is 36.5 Å². The van der Waals surface area contributed by atoms with Gasteiger partial charge in [0, 0.05) is 23.6 Å². The fraction of sp³-hybridized carbons (Fsp3) is 0.292. The zero-order valence-corrected chi connectivity index (χ0v) is 17.1. The van der Waals surface area contributed by atoms with Gasteiger partial charge in [-0.25, -0.2) is 9.97 Å². The maximum Gasteiger partial charge on any atom is 0.274 e. The molecule has 3 aromatic rings. The van der Waals surface area contributed by atoms with Crippen molar-refractivity contribution in [3.63, 3.8) is 0 Å². The van der Waals surface area contributed by atoms with Crippen LogP contribution in [0.5, 0.6) is 0 Å². The molecule has 5 nitrogen and oxygen atoms in total. The first-order valence-electron chi connectivity index (χ1n) is 10.1. The smallest absolute Gasteiger partial charge is 0.274 e. The highest BCUT2D eigenvalue weighted by atomic mass is 16.1. The van der Waals surface area contributed by atoms with Gasteiger partial charge in [0.05, 0.1) is 0 Å². The minimum absolute atomic E-state index is 0.223. The SMILES string of the molecule is Cc1cc(C(=O)Nc2ccc(C(C)C)cc2)nc(N2CCCc3ccccc32)n1. The average Bonchev–Trinajstić information content (AvgIpc) is 2.73. The van der Waals surface area contributed by atoms with E-state index >= 15 is 0 Å². The minimum Gasteiger partial charge on any atom is -0.321 e. The van der Waals surface area contributed by atoms with Crippen LogP contribution in [0.4, 0.5) is 17.3 Å². The number of aromatic nitrogens is 2. The maximum atomic E-state index is 12.8. The minimum atomic E-state index is -0.223. The lowest BCUT2D eigenvalue weighted by Crippen LogP contribution is -2.27. The number of carbonyl (C=O) groups is 1. The van der Waals surface area contributed by atoms with Gasteiger partial charge in [-0.15, -0.1) is 0 Å². The molecule has 2 heterocycles. The molecule has 29 heavy (non-hydrogen) atoms. The number of benzene rings is 2. The van der Waals surface area contributed by atoms with E-state index in [9.17, 15) is 4.79 Å². The number of amides is 1. The number of nitrogens with one attached hydrogen (secondary N) is 1. The van der Waals surface area contributed by atoms with Gasteiger partial charge in [0.1, 0.15) is 5.69 Å². The molecule has 1 amide bonds. The van der Waals surface area contributed by atoms with E-state index in [2.05, 4.69) is 52.2 Å². The Morgan fingerprint density at radius 3 is 2.59 bits per heavy atom. The lowest BCUT2D eigenvalue weighted by molar-refractivity contribution is 0.102. The van der Waals surface area contributed by atoms with E-state index in [1.165, 1.54) is 11.1 Å². The van der Waals surface area contributed by atoms with Gasteiger partial charge in [-0.2, -0.15) is 0 Å². The number of nitrogens with zero attached hydrogens (tertiary/aromatic N) is 3. The fourth-order valence-corrected chi connectivity index (χ4v) is 3.68. The van der Waals surface area contributed by atoms with Gasteiger partial charge in [0.25, 0.3) is 5.91 Å². The third-order valence-corrected chi connectivity index (χ3v) is 5.26. The molecule has 4 rings (SSSR count). The van der Waals surface area contributed by atoms with E-state index in [-0.39, 0.29) is 5.91 Å². The molecular weight excluding hydrogens is 360 g/mol. The molecule has 148 valence electrons. The summed E-state index contributed by atoms with van der Waals surface area (Å²) in [5, 5.41) is 2.95. The molecule has 0 aliphatic carbocycles. The van der Waals surface area contributed by atoms with Crippen molar-refractivity contribution in [2.75, 3.05) is 16.8 Å². The summed E-state index contributed by atoms with van der Waals surface area (Å²) in [6, 6.07) is 18.0. The summed E-state index contributed by atoms with van der Waals surface area (Å²) in [6.07, 6.45) is 2.09. The molecule has 1 N–H and O–H groups in total. The quantitative estimate of drug-likeness (QED) is 0.666. The summed E-state index contributed by atoms with van der Waals surface area (Å²) < 4.78 is 0. The van der Waals surface area contributed by atoms with Crippen LogP contribution in [-0.2, 0) is 6.42 Å². The summed E-state index contributed by atoms with van der Waals surface area (Å²) in [5.74, 6) is 0.816. The van der Waals surface area contributed by atoms with E-state index in [1.54, 1.807) is 6.07 Å². The van der Waals surface area contributed by atoms with Gasteiger partial charge < -0.3 is 10.2 Å². The lowest BCUT2D eigenvalue weighted by Gasteiger charge is -2.29. The molecule has 0 radical (unpaired) electrons. The Balaban J connectivity index is 1.59. The van der Waals surface area contributed by atoms with Crippen LogP contribution in [0.25, 0.3) is 0 Å². The van der Waals surface area contributed by atoms with Crippen molar-refractivity contribution in [1.82, 2.24) is 9.97 Å². The molecule has 2 aromatic carbocycles. The Kier molecular flexibility index (Phi) is 5.30. The number of fused-ring (bicyclic) bond motifs is 1. The summed E-state index contributed by atoms with van der Waals surface area (Å²) >= 11 is 0.